The lowest BCUT2D eigenvalue weighted by Gasteiger charge is -2.18. The van der Waals surface area contributed by atoms with Crippen molar-refractivity contribution < 1.29 is 14.0 Å². The molecular weight excluding hydrogens is 285 g/mol. The van der Waals surface area contributed by atoms with E-state index >= 15 is 0 Å². The highest BCUT2D eigenvalue weighted by molar-refractivity contribution is 5.98. The molecule has 3 N–H and O–H groups in total. The smallest absolute Gasteiger partial charge is 0.258 e. The van der Waals surface area contributed by atoms with Gasteiger partial charge in [0.1, 0.15) is 11.9 Å². The number of hydrazine groups is 1. The molecule has 0 spiro atoms. The Kier molecular flexibility index (Phi) is 3.84. The SMILES string of the molecule is O=C(N[C@@H]1C(=O)NN[C@H]1c1ccccc1)c1ccc(F)cc1. The first kappa shape index (κ1) is 14.2. The molecule has 1 aliphatic heterocycles. The van der Waals surface area contributed by atoms with Gasteiger partial charge in [-0.1, -0.05) is 30.3 Å². The number of hydrogen-bond acceptors (Lipinski definition) is 3. The van der Waals surface area contributed by atoms with Crippen LogP contribution in [0.25, 0.3) is 0 Å². The minimum Gasteiger partial charge on any atom is -0.338 e. The normalized spacial score (nSPS) is 20.5. The molecule has 1 saturated heterocycles. The van der Waals surface area contributed by atoms with Crippen molar-refractivity contribution in [1.82, 2.24) is 16.2 Å². The van der Waals surface area contributed by atoms with Crippen LogP contribution in [-0.2, 0) is 4.79 Å². The summed E-state index contributed by atoms with van der Waals surface area (Å²) in [4.78, 5) is 24.1. The van der Waals surface area contributed by atoms with E-state index in [1.54, 1.807) is 0 Å². The van der Waals surface area contributed by atoms with Crippen molar-refractivity contribution in [1.29, 1.82) is 0 Å². The van der Waals surface area contributed by atoms with E-state index in [0.717, 1.165) is 5.56 Å². The van der Waals surface area contributed by atoms with E-state index in [1.807, 2.05) is 30.3 Å². The molecule has 0 unspecified atom stereocenters. The van der Waals surface area contributed by atoms with Crippen molar-refractivity contribution in [3.05, 3.63) is 71.5 Å². The second-order valence-electron chi connectivity index (χ2n) is 4.98. The van der Waals surface area contributed by atoms with Crippen LogP contribution in [0.3, 0.4) is 0 Å². The van der Waals surface area contributed by atoms with Crippen LogP contribution >= 0.6 is 0 Å². The number of carbonyl (C=O) groups excluding carboxylic acids is 2. The Hall–Kier alpha value is -2.73. The second-order valence-corrected chi connectivity index (χ2v) is 4.98. The van der Waals surface area contributed by atoms with Crippen LogP contribution in [0.15, 0.2) is 54.6 Å². The summed E-state index contributed by atoms with van der Waals surface area (Å²) in [6.07, 6.45) is 0. The topological polar surface area (TPSA) is 70.2 Å². The van der Waals surface area contributed by atoms with Gasteiger partial charge in [0.25, 0.3) is 11.8 Å². The predicted octanol–water partition coefficient (Wildman–Crippen LogP) is 1.30. The summed E-state index contributed by atoms with van der Waals surface area (Å²) in [6, 6.07) is 13.4. The van der Waals surface area contributed by atoms with Crippen LogP contribution in [-0.4, -0.2) is 17.9 Å². The lowest BCUT2D eigenvalue weighted by atomic mass is 10.0. The van der Waals surface area contributed by atoms with Gasteiger partial charge in [-0.15, -0.1) is 0 Å². The first-order chi connectivity index (χ1) is 10.6. The van der Waals surface area contributed by atoms with Gasteiger partial charge in [0.15, 0.2) is 0 Å². The van der Waals surface area contributed by atoms with Crippen molar-refractivity contribution in [3.8, 4) is 0 Å². The van der Waals surface area contributed by atoms with E-state index in [4.69, 9.17) is 0 Å². The van der Waals surface area contributed by atoms with Crippen molar-refractivity contribution in [2.45, 2.75) is 12.1 Å². The molecule has 0 bridgehead atoms. The number of hydrogen-bond donors (Lipinski definition) is 3. The summed E-state index contributed by atoms with van der Waals surface area (Å²) in [7, 11) is 0. The number of halogens is 1. The molecule has 0 saturated carbocycles. The average molecular weight is 299 g/mol. The molecule has 0 radical (unpaired) electrons. The molecule has 112 valence electrons. The molecule has 1 fully saturated rings. The summed E-state index contributed by atoms with van der Waals surface area (Å²) in [5, 5.41) is 2.68. The third-order valence-corrected chi connectivity index (χ3v) is 3.52. The third kappa shape index (κ3) is 2.82. The highest BCUT2D eigenvalue weighted by atomic mass is 19.1. The fourth-order valence-electron chi connectivity index (χ4n) is 2.37. The first-order valence-corrected chi connectivity index (χ1v) is 6.82. The molecule has 2 aromatic carbocycles. The van der Waals surface area contributed by atoms with Gasteiger partial charge in [-0.3, -0.25) is 15.0 Å². The van der Waals surface area contributed by atoms with Crippen LogP contribution in [0.2, 0.25) is 0 Å². The van der Waals surface area contributed by atoms with Crippen LogP contribution in [0.4, 0.5) is 4.39 Å². The minimum atomic E-state index is -0.736. The number of amides is 2. The Bertz CT molecular complexity index is 688. The predicted molar refractivity (Wildman–Crippen MR) is 78.1 cm³/mol. The van der Waals surface area contributed by atoms with Gasteiger partial charge in [0.2, 0.25) is 0 Å². The van der Waals surface area contributed by atoms with E-state index in [9.17, 15) is 14.0 Å². The summed E-state index contributed by atoms with van der Waals surface area (Å²) in [6.45, 7) is 0. The maximum Gasteiger partial charge on any atom is 0.258 e. The zero-order valence-electron chi connectivity index (χ0n) is 11.5. The van der Waals surface area contributed by atoms with Crippen LogP contribution in [0.1, 0.15) is 22.0 Å². The van der Waals surface area contributed by atoms with Crippen molar-refractivity contribution in [2.75, 3.05) is 0 Å². The molecule has 0 aromatic heterocycles. The van der Waals surface area contributed by atoms with Crippen molar-refractivity contribution in [2.24, 2.45) is 0 Å². The highest BCUT2D eigenvalue weighted by Gasteiger charge is 2.36. The fraction of sp³-hybridized carbons (Fsp3) is 0.125. The zero-order valence-corrected chi connectivity index (χ0v) is 11.5. The second kappa shape index (κ2) is 5.95. The Labute approximate surface area is 126 Å². The first-order valence-electron chi connectivity index (χ1n) is 6.82. The van der Waals surface area contributed by atoms with Gasteiger partial charge >= 0.3 is 0 Å². The van der Waals surface area contributed by atoms with Crippen molar-refractivity contribution in [3.63, 3.8) is 0 Å². The Morgan fingerprint density at radius 2 is 1.73 bits per heavy atom. The standard InChI is InChI=1S/C16H14FN3O2/c17-12-8-6-11(7-9-12)15(21)18-14-13(19-20-16(14)22)10-4-2-1-3-5-10/h1-9,13-14,19H,(H,18,21)(H,20,22)/t13-,14-/m0/s1. The average Bonchev–Trinajstić information content (AvgIpc) is 2.90. The van der Waals surface area contributed by atoms with E-state index in [-0.39, 0.29) is 11.9 Å². The number of carbonyl (C=O) groups is 2. The monoisotopic (exact) mass is 299 g/mol. The van der Waals surface area contributed by atoms with Crippen LogP contribution in [0.5, 0.6) is 0 Å². The maximum atomic E-state index is 12.9. The zero-order chi connectivity index (χ0) is 15.5. The van der Waals surface area contributed by atoms with E-state index < -0.39 is 17.8 Å². The molecular formula is C16H14FN3O2. The molecule has 2 amide bonds. The van der Waals surface area contributed by atoms with Gasteiger partial charge in [-0.05, 0) is 29.8 Å². The molecule has 2 atom stereocenters. The van der Waals surface area contributed by atoms with Gasteiger partial charge in [0.05, 0.1) is 6.04 Å². The van der Waals surface area contributed by atoms with E-state index in [2.05, 4.69) is 16.2 Å². The Morgan fingerprint density at radius 1 is 1.05 bits per heavy atom. The van der Waals surface area contributed by atoms with Crippen LogP contribution < -0.4 is 16.2 Å². The molecule has 3 rings (SSSR count). The third-order valence-electron chi connectivity index (χ3n) is 3.52. The fourth-order valence-corrected chi connectivity index (χ4v) is 2.37. The van der Waals surface area contributed by atoms with Crippen LogP contribution in [0, 0.1) is 5.82 Å². The molecule has 0 aliphatic carbocycles. The summed E-state index contributed by atoms with van der Waals surface area (Å²) in [5.74, 6) is -1.16. The van der Waals surface area contributed by atoms with Gasteiger partial charge in [-0.2, -0.15) is 0 Å². The Balaban J connectivity index is 1.78. The maximum absolute atomic E-state index is 12.9. The lowest BCUT2D eigenvalue weighted by molar-refractivity contribution is -0.121. The van der Waals surface area contributed by atoms with Gasteiger partial charge in [0, 0.05) is 5.56 Å². The molecule has 5 nitrogen and oxygen atoms in total. The summed E-state index contributed by atoms with van der Waals surface area (Å²) in [5.41, 5.74) is 6.56. The van der Waals surface area contributed by atoms with Gasteiger partial charge in [-0.25, -0.2) is 9.82 Å². The number of benzene rings is 2. The van der Waals surface area contributed by atoms with Crippen molar-refractivity contribution >= 4 is 11.8 Å². The largest absolute Gasteiger partial charge is 0.338 e. The lowest BCUT2D eigenvalue weighted by Crippen LogP contribution is -2.42. The number of nitrogens with one attached hydrogen (secondary N) is 3. The van der Waals surface area contributed by atoms with E-state index in [0.29, 0.717) is 5.56 Å². The minimum absolute atomic E-state index is 0.299. The van der Waals surface area contributed by atoms with E-state index in [1.165, 1.54) is 24.3 Å². The molecule has 22 heavy (non-hydrogen) atoms. The van der Waals surface area contributed by atoms with Gasteiger partial charge < -0.3 is 5.32 Å². The molecule has 6 heteroatoms. The highest BCUT2D eigenvalue weighted by Crippen LogP contribution is 2.20. The molecule has 2 aromatic rings. The summed E-state index contributed by atoms with van der Waals surface area (Å²) >= 11 is 0. The summed E-state index contributed by atoms with van der Waals surface area (Å²) < 4.78 is 12.9. The quantitative estimate of drug-likeness (QED) is 0.800. The number of rotatable bonds is 3. The molecule has 1 heterocycles. The molecule has 1 aliphatic rings. The Morgan fingerprint density at radius 3 is 2.41 bits per heavy atom.